The van der Waals surface area contributed by atoms with Gasteiger partial charge in [-0.25, -0.2) is 4.98 Å². The lowest BCUT2D eigenvalue weighted by Gasteiger charge is -2.25. The maximum Gasteiger partial charge on any atom is 0.150 e. The molecule has 1 N–H and O–H groups in total. The molecule has 0 aromatic carbocycles. The summed E-state index contributed by atoms with van der Waals surface area (Å²) in [5.74, 6) is 1.83. The van der Waals surface area contributed by atoms with Gasteiger partial charge in [-0.05, 0) is 38.8 Å². The topological polar surface area (TPSA) is 29.9 Å². The molecule has 88 valence electrons. The van der Waals surface area contributed by atoms with Gasteiger partial charge in [0.2, 0.25) is 0 Å². The van der Waals surface area contributed by atoms with Gasteiger partial charge in [0.05, 0.1) is 5.69 Å². The molecule has 0 spiro atoms. The third-order valence-electron chi connectivity index (χ3n) is 3.80. The summed E-state index contributed by atoms with van der Waals surface area (Å²) >= 11 is 6.32. The van der Waals surface area contributed by atoms with Crippen molar-refractivity contribution in [3.63, 3.8) is 0 Å². The highest BCUT2D eigenvalue weighted by Crippen LogP contribution is 2.33. The standard InChI is InChI=1S/C12H18ClN3/c13-12-11(9-4-6-14-7-5-9)16-8-2-1-3-10(16)15-12/h9,14H,1-8H2. The molecule has 2 aliphatic rings. The number of imidazole rings is 1. The number of rotatable bonds is 1. The predicted molar refractivity (Wildman–Crippen MR) is 65.0 cm³/mol. The van der Waals surface area contributed by atoms with Crippen molar-refractivity contribution in [2.45, 2.75) is 44.6 Å². The van der Waals surface area contributed by atoms with Gasteiger partial charge in [-0.1, -0.05) is 11.6 Å². The van der Waals surface area contributed by atoms with E-state index in [0.717, 1.165) is 31.2 Å². The Bertz CT molecular complexity index is 380. The highest BCUT2D eigenvalue weighted by molar-refractivity contribution is 6.30. The molecule has 1 aromatic rings. The van der Waals surface area contributed by atoms with Crippen LogP contribution in [-0.2, 0) is 13.0 Å². The molecule has 0 saturated carbocycles. The molecule has 3 rings (SSSR count). The van der Waals surface area contributed by atoms with Crippen molar-refractivity contribution in [3.8, 4) is 0 Å². The quantitative estimate of drug-likeness (QED) is 0.815. The number of piperidine rings is 1. The van der Waals surface area contributed by atoms with Crippen molar-refractivity contribution in [1.29, 1.82) is 0 Å². The number of nitrogens with zero attached hydrogens (tertiary/aromatic N) is 2. The molecule has 0 atom stereocenters. The molecule has 3 nitrogen and oxygen atoms in total. The molecule has 1 aromatic heterocycles. The van der Waals surface area contributed by atoms with Gasteiger partial charge in [0.25, 0.3) is 0 Å². The summed E-state index contributed by atoms with van der Waals surface area (Å²) in [5, 5.41) is 4.17. The van der Waals surface area contributed by atoms with Crippen LogP contribution in [0.25, 0.3) is 0 Å². The van der Waals surface area contributed by atoms with Gasteiger partial charge in [-0.15, -0.1) is 0 Å². The number of hydrogen-bond acceptors (Lipinski definition) is 2. The van der Waals surface area contributed by atoms with Crippen molar-refractivity contribution < 1.29 is 0 Å². The number of hydrogen-bond donors (Lipinski definition) is 1. The molecular formula is C12H18ClN3. The van der Waals surface area contributed by atoms with E-state index in [9.17, 15) is 0 Å². The molecule has 0 amide bonds. The third-order valence-corrected chi connectivity index (χ3v) is 4.08. The SMILES string of the molecule is Clc1nc2n(c1C1CCNCC1)CCCC2. The van der Waals surface area contributed by atoms with E-state index in [4.69, 9.17) is 11.6 Å². The van der Waals surface area contributed by atoms with Gasteiger partial charge in [0.1, 0.15) is 5.82 Å². The van der Waals surface area contributed by atoms with Crippen LogP contribution in [0, 0.1) is 0 Å². The second kappa shape index (κ2) is 4.38. The minimum Gasteiger partial charge on any atom is -0.330 e. The van der Waals surface area contributed by atoms with Crippen molar-refractivity contribution in [2.75, 3.05) is 13.1 Å². The van der Waals surface area contributed by atoms with E-state index in [2.05, 4.69) is 14.9 Å². The largest absolute Gasteiger partial charge is 0.330 e. The van der Waals surface area contributed by atoms with E-state index in [1.807, 2.05) is 0 Å². The van der Waals surface area contributed by atoms with Crippen LogP contribution in [0.4, 0.5) is 0 Å². The Morgan fingerprint density at radius 2 is 2.06 bits per heavy atom. The van der Waals surface area contributed by atoms with Gasteiger partial charge >= 0.3 is 0 Å². The van der Waals surface area contributed by atoms with Gasteiger partial charge in [-0.2, -0.15) is 0 Å². The predicted octanol–water partition coefficient (Wildman–Crippen LogP) is 2.34. The number of halogens is 1. The highest BCUT2D eigenvalue weighted by atomic mass is 35.5. The summed E-state index contributed by atoms with van der Waals surface area (Å²) in [7, 11) is 0. The summed E-state index contributed by atoms with van der Waals surface area (Å²) in [6.45, 7) is 3.34. The third kappa shape index (κ3) is 1.76. The molecule has 3 heterocycles. The molecule has 0 aliphatic carbocycles. The van der Waals surface area contributed by atoms with Crippen LogP contribution in [0.5, 0.6) is 0 Å². The van der Waals surface area contributed by atoms with Crippen LogP contribution in [-0.4, -0.2) is 22.6 Å². The van der Waals surface area contributed by atoms with Gasteiger partial charge in [0.15, 0.2) is 5.15 Å². The second-order valence-corrected chi connectivity index (χ2v) is 5.20. The maximum absolute atomic E-state index is 6.32. The van der Waals surface area contributed by atoms with Crippen molar-refractivity contribution in [2.24, 2.45) is 0 Å². The molecule has 0 unspecified atom stereocenters. The minimum atomic E-state index is 0.619. The number of fused-ring (bicyclic) bond motifs is 1. The van der Waals surface area contributed by atoms with E-state index in [1.54, 1.807) is 0 Å². The van der Waals surface area contributed by atoms with E-state index >= 15 is 0 Å². The first-order chi connectivity index (χ1) is 7.86. The Morgan fingerprint density at radius 3 is 2.88 bits per heavy atom. The van der Waals surface area contributed by atoms with Gasteiger partial charge in [-0.3, -0.25) is 0 Å². The van der Waals surface area contributed by atoms with Crippen LogP contribution in [0.3, 0.4) is 0 Å². The van der Waals surface area contributed by atoms with E-state index in [-0.39, 0.29) is 0 Å². The second-order valence-electron chi connectivity index (χ2n) is 4.84. The van der Waals surface area contributed by atoms with E-state index < -0.39 is 0 Å². The van der Waals surface area contributed by atoms with Crippen molar-refractivity contribution in [1.82, 2.24) is 14.9 Å². The zero-order valence-corrected chi connectivity index (χ0v) is 10.3. The smallest absolute Gasteiger partial charge is 0.150 e. The van der Waals surface area contributed by atoms with Crippen molar-refractivity contribution >= 4 is 11.6 Å². The van der Waals surface area contributed by atoms with E-state index in [0.29, 0.717) is 5.92 Å². The molecule has 0 radical (unpaired) electrons. The first-order valence-electron chi connectivity index (χ1n) is 6.32. The average Bonchev–Trinajstić information content (AvgIpc) is 2.66. The first-order valence-corrected chi connectivity index (χ1v) is 6.69. The minimum absolute atomic E-state index is 0.619. The average molecular weight is 240 g/mol. The summed E-state index contributed by atoms with van der Waals surface area (Å²) in [6, 6.07) is 0. The lowest BCUT2D eigenvalue weighted by molar-refractivity contribution is 0.423. The van der Waals surface area contributed by atoms with E-state index in [1.165, 1.54) is 37.2 Å². The Kier molecular flexibility index (Phi) is 2.90. The summed E-state index contributed by atoms with van der Waals surface area (Å²) in [4.78, 5) is 4.53. The van der Waals surface area contributed by atoms with Gasteiger partial charge in [0, 0.05) is 18.9 Å². The molecule has 1 saturated heterocycles. The molecular weight excluding hydrogens is 222 g/mol. The van der Waals surface area contributed by atoms with Crippen LogP contribution in [0.15, 0.2) is 0 Å². The lowest BCUT2D eigenvalue weighted by Crippen LogP contribution is -2.28. The lowest BCUT2D eigenvalue weighted by atomic mass is 9.94. The molecule has 4 heteroatoms. The van der Waals surface area contributed by atoms with Crippen LogP contribution in [0.2, 0.25) is 5.15 Å². The number of aromatic nitrogens is 2. The fraction of sp³-hybridized carbons (Fsp3) is 0.750. The molecule has 2 aliphatic heterocycles. The number of aryl methyl sites for hydroxylation is 1. The Morgan fingerprint density at radius 1 is 1.25 bits per heavy atom. The maximum atomic E-state index is 6.32. The normalized spacial score (nSPS) is 22.1. The summed E-state index contributed by atoms with van der Waals surface area (Å²) in [6.07, 6.45) is 6.04. The Balaban J connectivity index is 1.95. The van der Waals surface area contributed by atoms with Crippen LogP contribution < -0.4 is 5.32 Å². The zero-order valence-electron chi connectivity index (χ0n) is 9.51. The Hall–Kier alpha value is -0.540. The van der Waals surface area contributed by atoms with Crippen molar-refractivity contribution in [3.05, 3.63) is 16.7 Å². The Labute approximate surface area is 101 Å². The molecule has 16 heavy (non-hydrogen) atoms. The fourth-order valence-corrected chi connectivity index (χ4v) is 3.31. The fourth-order valence-electron chi connectivity index (χ4n) is 2.96. The summed E-state index contributed by atoms with van der Waals surface area (Å²) < 4.78 is 2.39. The first kappa shape index (κ1) is 10.6. The summed E-state index contributed by atoms with van der Waals surface area (Å²) in [5.41, 5.74) is 1.32. The number of nitrogens with one attached hydrogen (secondary N) is 1. The van der Waals surface area contributed by atoms with Crippen LogP contribution in [0.1, 0.15) is 43.1 Å². The van der Waals surface area contributed by atoms with Crippen LogP contribution >= 0.6 is 11.6 Å². The monoisotopic (exact) mass is 239 g/mol. The zero-order chi connectivity index (χ0) is 11.0. The molecule has 0 bridgehead atoms. The highest BCUT2D eigenvalue weighted by Gasteiger charge is 2.26. The molecule has 1 fully saturated rings. The van der Waals surface area contributed by atoms with Gasteiger partial charge < -0.3 is 9.88 Å².